The molecule has 0 fully saturated rings. The van der Waals surface area contributed by atoms with Crippen LogP contribution in [0, 0.1) is 11.3 Å². The van der Waals surface area contributed by atoms with Gasteiger partial charge in [-0.05, 0) is 43.8 Å². The molecule has 144 valence electrons. The van der Waals surface area contributed by atoms with Gasteiger partial charge in [0.2, 0.25) is 0 Å². The van der Waals surface area contributed by atoms with Gasteiger partial charge in [-0.1, -0.05) is 48.5 Å². The number of rotatable bonds is 2. The third-order valence-corrected chi connectivity index (χ3v) is 5.35. The van der Waals surface area contributed by atoms with Crippen molar-refractivity contribution < 1.29 is 9.53 Å². The van der Waals surface area contributed by atoms with Crippen molar-refractivity contribution >= 4 is 28.3 Å². The average Bonchev–Trinajstić information content (AvgIpc) is 3.29. The Morgan fingerprint density at radius 1 is 1.03 bits per heavy atom. The molecule has 2 heterocycles. The first-order valence-corrected chi connectivity index (χ1v) is 10.2. The molecule has 2 aromatic carbocycles. The first-order valence-electron chi connectivity index (χ1n) is 9.31. The van der Waals surface area contributed by atoms with Gasteiger partial charge in [-0.15, -0.1) is 11.3 Å². The van der Waals surface area contributed by atoms with Gasteiger partial charge in [-0.3, -0.25) is 0 Å². The van der Waals surface area contributed by atoms with Gasteiger partial charge in [-0.25, -0.2) is 9.36 Å². The summed E-state index contributed by atoms with van der Waals surface area (Å²) in [7, 11) is 0. The van der Waals surface area contributed by atoms with E-state index in [0.717, 1.165) is 33.3 Å². The minimum Gasteiger partial charge on any atom is -0.443 e. The molecule has 0 spiro atoms. The van der Waals surface area contributed by atoms with Crippen LogP contribution in [0.2, 0.25) is 0 Å². The van der Waals surface area contributed by atoms with E-state index in [-0.39, 0.29) is 0 Å². The molecule has 0 atom stereocenters. The third kappa shape index (κ3) is 3.43. The maximum atomic E-state index is 13.3. The average molecular weight is 401 g/mol. The minimum absolute atomic E-state index is 0.437. The highest BCUT2D eigenvalue weighted by molar-refractivity contribution is 7.11. The van der Waals surface area contributed by atoms with Gasteiger partial charge in [0.25, 0.3) is 0 Å². The van der Waals surface area contributed by atoms with E-state index in [2.05, 4.69) is 6.07 Å². The first kappa shape index (κ1) is 19.0. The van der Waals surface area contributed by atoms with E-state index >= 15 is 0 Å². The number of hydrogen-bond donors (Lipinski definition) is 0. The Labute approximate surface area is 173 Å². The molecule has 0 aliphatic heterocycles. The second kappa shape index (κ2) is 7.23. The Balaban J connectivity index is 2.12. The van der Waals surface area contributed by atoms with Crippen molar-refractivity contribution in [3.63, 3.8) is 0 Å². The summed E-state index contributed by atoms with van der Waals surface area (Å²) in [5, 5.41) is 12.4. The number of benzene rings is 2. The van der Waals surface area contributed by atoms with Crippen LogP contribution in [0.5, 0.6) is 0 Å². The zero-order valence-corrected chi connectivity index (χ0v) is 17.3. The van der Waals surface area contributed by atoms with Gasteiger partial charge >= 0.3 is 6.09 Å². The topological polar surface area (TPSA) is 55.0 Å². The van der Waals surface area contributed by atoms with Gasteiger partial charge in [0.15, 0.2) is 0 Å². The standard InChI is InChI=1S/C24H20N2O2S/c1-24(2,3)28-23(27)26-19-12-8-7-11-17(19)21(18-13-14-29-20(18)15-25)22(26)16-9-5-4-6-10-16/h4-14H,1-3H3. The van der Waals surface area contributed by atoms with E-state index in [9.17, 15) is 10.1 Å². The summed E-state index contributed by atoms with van der Waals surface area (Å²) >= 11 is 1.40. The summed E-state index contributed by atoms with van der Waals surface area (Å²) in [6, 6.07) is 21.7. The number of nitrogens with zero attached hydrogens (tertiary/aromatic N) is 2. The lowest BCUT2D eigenvalue weighted by molar-refractivity contribution is 0.0547. The summed E-state index contributed by atoms with van der Waals surface area (Å²) in [5.41, 5.74) is 3.45. The van der Waals surface area contributed by atoms with Crippen LogP contribution in [0.15, 0.2) is 66.0 Å². The molecule has 0 aliphatic rings. The Kier molecular flexibility index (Phi) is 4.73. The Hall–Kier alpha value is -3.36. The Morgan fingerprint density at radius 2 is 1.72 bits per heavy atom. The SMILES string of the molecule is CC(C)(C)OC(=O)n1c(-c2ccccc2)c(-c2ccsc2C#N)c2ccccc21. The summed E-state index contributed by atoms with van der Waals surface area (Å²) in [4.78, 5) is 13.9. The fourth-order valence-electron chi connectivity index (χ4n) is 3.47. The van der Waals surface area contributed by atoms with E-state index in [1.807, 2.05) is 86.8 Å². The second-order valence-corrected chi connectivity index (χ2v) is 8.61. The van der Waals surface area contributed by atoms with Gasteiger partial charge in [0.1, 0.15) is 16.5 Å². The molecule has 0 amide bonds. The smallest absolute Gasteiger partial charge is 0.419 e. The normalized spacial score (nSPS) is 11.4. The molecule has 0 saturated carbocycles. The molecule has 0 bridgehead atoms. The lowest BCUT2D eigenvalue weighted by Gasteiger charge is -2.21. The summed E-state index contributed by atoms with van der Waals surface area (Å²) in [6.07, 6.45) is -0.437. The van der Waals surface area contributed by atoms with Crippen molar-refractivity contribution in [3.8, 4) is 28.5 Å². The molecule has 0 N–H and O–H groups in total. The molecule has 0 saturated heterocycles. The highest BCUT2D eigenvalue weighted by atomic mass is 32.1. The molecule has 4 rings (SSSR count). The van der Waals surface area contributed by atoms with E-state index in [4.69, 9.17) is 4.74 Å². The number of nitriles is 1. The van der Waals surface area contributed by atoms with Crippen molar-refractivity contribution in [2.75, 3.05) is 0 Å². The maximum Gasteiger partial charge on any atom is 0.419 e. The van der Waals surface area contributed by atoms with Crippen LogP contribution >= 0.6 is 11.3 Å². The maximum absolute atomic E-state index is 13.3. The molecule has 5 heteroatoms. The molecule has 4 nitrogen and oxygen atoms in total. The van der Waals surface area contributed by atoms with Crippen LogP contribution in [0.4, 0.5) is 4.79 Å². The van der Waals surface area contributed by atoms with Crippen molar-refractivity contribution in [2.45, 2.75) is 26.4 Å². The summed E-state index contributed by atoms with van der Waals surface area (Å²) in [6.45, 7) is 5.56. The lowest BCUT2D eigenvalue weighted by atomic mass is 9.99. The number of thiophene rings is 1. The summed E-state index contributed by atoms with van der Waals surface area (Å²) < 4.78 is 7.37. The highest BCUT2D eigenvalue weighted by Crippen LogP contribution is 2.43. The van der Waals surface area contributed by atoms with Gasteiger partial charge in [0.05, 0.1) is 11.2 Å². The van der Waals surface area contributed by atoms with Crippen LogP contribution in [-0.2, 0) is 4.74 Å². The van der Waals surface area contributed by atoms with E-state index in [1.165, 1.54) is 11.3 Å². The fourth-order valence-corrected chi connectivity index (χ4v) is 4.16. The molecule has 0 unspecified atom stereocenters. The molecule has 2 aromatic heterocycles. The van der Waals surface area contributed by atoms with Gasteiger partial charge < -0.3 is 4.74 Å². The number of fused-ring (bicyclic) bond motifs is 1. The quantitative estimate of drug-likeness (QED) is 0.376. The molecular weight excluding hydrogens is 380 g/mol. The fraction of sp³-hybridized carbons (Fsp3) is 0.167. The number of hydrogen-bond acceptors (Lipinski definition) is 4. The highest BCUT2D eigenvalue weighted by Gasteiger charge is 2.28. The zero-order valence-electron chi connectivity index (χ0n) is 16.5. The lowest BCUT2D eigenvalue weighted by Crippen LogP contribution is -2.27. The van der Waals surface area contributed by atoms with Crippen molar-refractivity contribution in [3.05, 3.63) is 70.9 Å². The van der Waals surface area contributed by atoms with Crippen molar-refractivity contribution in [1.29, 1.82) is 5.26 Å². The predicted octanol–water partition coefficient (Wildman–Crippen LogP) is 6.69. The predicted molar refractivity (Wildman–Crippen MR) is 117 cm³/mol. The largest absolute Gasteiger partial charge is 0.443 e. The molecule has 0 radical (unpaired) electrons. The van der Waals surface area contributed by atoms with Crippen LogP contribution in [0.25, 0.3) is 33.3 Å². The monoisotopic (exact) mass is 400 g/mol. The van der Waals surface area contributed by atoms with Crippen molar-refractivity contribution in [1.82, 2.24) is 4.57 Å². The van der Waals surface area contributed by atoms with Crippen LogP contribution < -0.4 is 0 Å². The van der Waals surface area contributed by atoms with Crippen LogP contribution in [0.3, 0.4) is 0 Å². The van der Waals surface area contributed by atoms with Gasteiger partial charge in [-0.2, -0.15) is 5.26 Å². The minimum atomic E-state index is -0.628. The Bertz CT molecular complexity index is 1240. The summed E-state index contributed by atoms with van der Waals surface area (Å²) in [5.74, 6) is 0. The number of para-hydroxylation sites is 1. The number of aromatic nitrogens is 1. The number of ether oxygens (including phenoxy) is 1. The van der Waals surface area contributed by atoms with E-state index in [1.54, 1.807) is 4.57 Å². The second-order valence-electron chi connectivity index (χ2n) is 7.70. The molecular formula is C24H20N2O2S. The van der Waals surface area contributed by atoms with Crippen molar-refractivity contribution in [2.24, 2.45) is 0 Å². The molecule has 4 aromatic rings. The molecule has 29 heavy (non-hydrogen) atoms. The number of carbonyl (C=O) groups is 1. The first-order chi connectivity index (χ1) is 13.9. The van der Waals surface area contributed by atoms with Crippen LogP contribution in [-0.4, -0.2) is 16.3 Å². The number of carbonyl (C=O) groups excluding carboxylic acids is 1. The third-order valence-electron chi connectivity index (χ3n) is 4.53. The van der Waals surface area contributed by atoms with Crippen LogP contribution in [0.1, 0.15) is 25.6 Å². The zero-order chi connectivity index (χ0) is 20.6. The van der Waals surface area contributed by atoms with E-state index < -0.39 is 11.7 Å². The van der Waals surface area contributed by atoms with Gasteiger partial charge in [0, 0.05) is 16.5 Å². The Morgan fingerprint density at radius 3 is 2.41 bits per heavy atom. The molecule has 0 aliphatic carbocycles. The van der Waals surface area contributed by atoms with E-state index in [0.29, 0.717) is 4.88 Å².